The Balaban J connectivity index is 1.86. The highest BCUT2D eigenvalue weighted by atomic mass is 32.2. The Morgan fingerprint density at radius 3 is 2.33 bits per heavy atom. The molecule has 224 valence electrons. The second-order valence-corrected chi connectivity index (χ2v) is 13.1. The van der Waals surface area contributed by atoms with E-state index in [9.17, 15) is 35.2 Å². The first kappa shape index (κ1) is 31.8. The van der Waals surface area contributed by atoms with E-state index in [-0.39, 0.29) is 36.0 Å². The minimum atomic E-state index is -4.56. The van der Waals surface area contributed by atoms with E-state index in [4.69, 9.17) is 0 Å². The molecule has 14 heteroatoms. The summed E-state index contributed by atoms with van der Waals surface area (Å²) in [5.41, 5.74) is -2.94. The average molecular weight is 598 g/mol. The number of nitrogens with one attached hydrogen (secondary N) is 1. The number of amides is 1. The number of ether oxygens (including phenoxy) is 1. The third-order valence-corrected chi connectivity index (χ3v) is 8.95. The fourth-order valence-corrected chi connectivity index (χ4v) is 5.94. The Bertz CT molecular complexity index is 1320. The molecule has 2 aromatic rings. The summed E-state index contributed by atoms with van der Waals surface area (Å²) in [7, 11) is -3.15. The maximum Gasteiger partial charge on any atom is 0.394 e. The lowest BCUT2D eigenvalue weighted by molar-refractivity contribution is -0.211. The van der Waals surface area contributed by atoms with Gasteiger partial charge in [-0.1, -0.05) is 26.8 Å². The maximum atomic E-state index is 15.6. The standard InChI is InChI=1S/C26H33F6N3O4S/c1-5-20-34-21(23(36)33-14-15-6-9-17(10-7-15)40(4,37)38)22(27)35(20)18-11-8-16(12-19(18)39-24(28)29)13-25(2,3)26(30,31)32/h8,11-12,15,17,24H,5-7,9-10,13-14H2,1-4H3,(H,33,36). The predicted octanol–water partition coefficient (Wildman–Crippen LogP) is 5.64. The topological polar surface area (TPSA) is 90.3 Å². The summed E-state index contributed by atoms with van der Waals surface area (Å²) in [6.07, 6.45) is -1.74. The van der Waals surface area contributed by atoms with Crippen LogP contribution in [0.1, 0.15) is 68.3 Å². The fourth-order valence-electron chi connectivity index (χ4n) is 4.81. The van der Waals surface area contributed by atoms with Gasteiger partial charge in [-0.2, -0.15) is 26.3 Å². The van der Waals surface area contributed by atoms with Crippen LogP contribution in [0.5, 0.6) is 5.75 Å². The lowest BCUT2D eigenvalue weighted by Crippen LogP contribution is -2.34. The van der Waals surface area contributed by atoms with E-state index in [1.807, 2.05) is 0 Å². The highest BCUT2D eigenvalue weighted by molar-refractivity contribution is 7.91. The smallest absolute Gasteiger partial charge is 0.394 e. The Kier molecular flexibility index (Phi) is 9.52. The van der Waals surface area contributed by atoms with E-state index in [1.54, 1.807) is 6.92 Å². The summed E-state index contributed by atoms with van der Waals surface area (Å²) >= 11 is 0. The molecule has 1 saturated carbocycles. The summed E-state index contributed by atoms with van der Waals surface area (Å²) in [6, 6.07) is 3.42. The van der Waals surface area contributed by atoms with Gasteiger partial charge < -0.3 is 10.1 Å². The van der Waals surface area contributed by atoms with Crippen LogP contribution in [0.25, 0.3) is 5.69 Å². The van der Waals surface area contributed by atoms with Gasteiger partial charge in [-0.05, 0) is 55.7 Å². The Morgan fingerprint density at radius 1 is 1.18 bits per heavy atom. The number of hydrogen-bond donors (Lipinski definition) is 1. The van der Waals surface area contributed by atoms with Crippen molar-refractivity contribution in [2.75, 3.05) is 12.8 Å². The number of rotatable bonds is 10. The number of alkyl halides is 5. The summed E-state index contributed by atoms with van der Waals surface area (Å²) in [5.74, 6) is -2.53. The van der Waals surface area contributed by atoms with Crippen LogP contribution in [-0.2, 0) is 22.7 Å². The number of nitrogens with zero attached hydrogens (tertiary/aromatic N) is 2. The fraction of sp³-hybridized carbons (Fsp3) is 0.615. The summed E-state index contributed by atoms with van der Waals surface area (Å²) in [5, 5.41) is 2.19. The molecular weight excluding hydrogens is 564 g/mol. The second kappa shape index (κ2) is 12.0. The minimum Gasteiger partial charge on any atom is -0.433 e. The molecule has 0 unspecified atom stereocenters. The summed E-state index contributed by atoms with van der Waals surface area (Å²) in [6.45, 7) is 0.380. The summed E-state index contributed by atoms with van der Waals surface area (Å²) < 4.78 is 111. The number of carbonyl (C=O) groups excluding carboxylic acids is 1. The molecule has 1 aromatic carbocycles. The third-order valence-electron chi connectivity index (χ3n) is 7.27. The molecule has 1 aliphatic rings. The zero-order valence-corrected chi connectivity index (χ0v) is 23.4. The molecule has 40 heavy (non-hydrogen) atoms. The first-order valence-corrected chi connectivity index (χ1v) is 14.8. The van der Waals surface area contributed by atoms with Crippen molar-refractivity contribution in [1.29, 1.82) is 0 Å². The molecule has 1 heterocycles. The van der Waals surface area contributed by atoms with Gasteiger partial charge in [-0.15, -0.1) is 0 Å². The molecule has 0 aliphatic heterocycles. The minimum absolute atomic E-state index is 0.00252. The van der Waals surface area contributed by atoms with E-state index in [2.05, 4.69) is 15.0 Å². The molecular formula is C26H33F6N3O4S. The third kappa shape index (κ3) is 7.29. The van der Waals surface area contributed by atoms with E-state index >= 15 is 4.39 Å². The maximum absolute atomic E-state index is 15.6. The van der Waals surface area contributed by atoms with Crippen molar-refractivity contribution in [3.8, 4) is 11.4 Å². The van der Waals surface area contributed by atoms with Gasteiger partial charge in [0, 0.05) is 19.2 Å². The average Bonchev–Trinajstić information content (AvgIpc) is 3.17. The van der Waals surface area contributed by atoms with E-state index in [0.29, 0.717) is 25.7 Å². The van der Waals surface area contributed by atoms with Crippen molar-refractivity contribution < 1.29 is 44.3 Å². The van der Waals surface area contributed by atoms with Crippen molar-refractivity contribution in [3.05, 3.63) is 41.2 Å². The molecule has 3 rings (SSSR count). The first-order chi connectivity index (χ1) is 18.4. The first-order valence-electron chi connectivity index (χ1n) is 12.8. The second-order valence-electron chi connectivity index (χ2n) is 10.8. The number of sulfone groups is 1. The van der Waals surface area contributed by atoms with Crippen molar-refractivity contribution >= 4 is 15.7 Å². The van der Waals surface area contributed by atoms with Crippen molar-refractivity contribution in [2.45, 2.75) is 77.3 Å². The van der Waals surface area contributed by atoms with Crippen molar-refractivity contribution in [1.82, 2.24) is 14.9 Å². The molecule has 1 aromatic heterocycles. The van der Waals surface area contributed by atoms with E-state index in [1.165, 1.54) is 12.3 Å². The molecule has 1 N–H and O–H groups in total. The largest absolute Gasteiger partial charge is 0.433 e. The van der Waals surface area contributed by atoms with E-state index in [0.717, 1.165) is 30.5 Å². The Hall–Kier alpha value is -2.77. The van der Waals surface area contributed by atoms with Gasteiger partial charge >= 0.3 is 12.8 Å². The van der Waals surface area contributed by atoms with Gasteiger partial charge in [0.05, 0.1) is 16.4 Å². The van der Waals surface area contributed by atoms with Crippen LogP contribution < -0.4 is 10.1 Å². The molecule has 0 atom stereocenters. The molecule has 0 spiro atoms. The van der Waals surface area contributed by atoms with E-state index < -0.39 is 63.0 Å². The van der Waals surface area contributed by atoms with Gasteiger partial charge in [-0.25, -0.2) is 13.4 Å². The Labute approximate surface area is 229 Å². The predicted molar refractivity (Wildman–Crippen MR) is 136 cm³/mol. The summed E-state index contributed by atoms with van der Waals surface area (Å²) in [4.78, 5) is 16.9. The molecule has 1 aliphatic carbocycles. The van der Waals surface area contributed by atoms with Gasteiger partial charge in [0.25, 0.3) is 5.91 Å². The Morgan fingerprint density at radius 2 is 1.80 bits per heavy atom. The molecule has 0 saturated heterocycles. The molecule has 1 amide bonds. The van der Waals surface area contributed by atoms with Crippen LogP contribution in [-0.4, -0.2) is 54.7 Å². The number of aryl methyl sites for hydroxylation is 1. The van der Waals surface area contributed by atoms with Crippen molar-refractivity contribution in [2.24, 2.45) is 11.3 Å². The van der Waals surface area contributed by atoms with Crippen LogP contribution in [0.2, 0.25) is 0 Å². The molecule has 0 bridgehead atoms. The number of imidazole rings is 1. The van der Waals surface area contributed by atoms with Crippen LogP contribution >= 0.6 is 0 Å². The van der Waals surface area contributed by atoms with Crippen LogP contribution in [0.3, 0.4) is 0 Å². The number of halogens is 6. The quantitative estimate of drug-likeness (QED) is 0.358. The monoisotopic (exact) mass is 597 g/mol. The number of benzene rings is 1. The van der Waals surface area contributed by atoms with Gasteiger partial charge in [-0.3, -0.25) is 9.36 Å². The SMILES string of the molecule is CCc1nc(C(=O)NCC2CCC(S(C)(=O)=O)CC2)c(F)n1-c1ccc(CC(C)(C)C(F)(F)F)cc1OC(F)F. The molecule has 1 fully saturated rings. The van der Waals surface area contributed by atoms with Gasteiger partial charge in [0.2, 0.25) is 5.95 Å². The number of hydrogen-bond acceptors (Lipinski definition) is 5. The number of aromatic nitrogens is 2. The lowest BCUT2D eigenvalue weighted by atomic mass is 9.85. The molecule has 7 nitrogen and oxygen atoms in total. The van der Waals surface area contributed by atoms with Crippen LogP contribution in [0.15, 0.2) is 18.2 Å². The zero-order valence-electron chi connectivity index (χ0n) is 22.6. The number of carbonyl (C=O) groups is 1. The normalized spacial score (nSPS) is 18.7. The van der Waals surface area contributed by atoms with Crippen molar-refractivity contribution in [3.63, 3.8) is 0 Å². The van der Waals surface area contributed by atoms with Gasteiger partial charge in [0.15, 0.2) is 11.4 Å². The van der Waals surface area contributed by atoms with Gasteiger partial charge in [0.1, 0.15) is 15.7 Å². The molecule has 0 radical (unpaired) electrons. The highest BCUT2D eigenvalue weighted by Gasteiger charge is 2.47. The zero-order chi connectivity index (χ0) is 30.0. The lowest BCUT2D eigenvalue weighted by Gasteiger charge is -2.28. The highest BCUT2D eigenvalue weighted by Crippen LogP contribution is 2.41. The van der Waals surface area contributed by atoms with Crippen LogP contribution in [0, 0.1) is 17.3 Å². The van der Waals surface area contributed by atoms with Crippen LogP contribution in [0.4, 0.5) is 26.3 Å².